The highest BCUT2D eigenvalue weighted by Gasteiger charge is 2.35. The van der Waals surface area contributed by atoms with Gasteiger partial charge in [-0.25, -0.2) is 9.59 Å². The fraction of sp³-hybridized carbons (Fsp3) is 0.444. The van der Waals surface area contributed by atoms with Crippen LogP contribution in [0.15, 0.2) is 48.5 Å². The lowest BCUT2D eigenvalue weighted by Gasteiger charge is -2.28. The molecule has 3 N–H and O–H groups in total. The van der Waals surface area contributed by atoms with Crippen LogP contribution in [0.3, 0.4) is 0 Å². The van der Waals surface area contributed by atoms with Crippen molar-refractivity contribution >= 4 is 18.0 Å². The fourth-order valence-electron chi connectivity index (χ4n) is 4.12. The molecule has 0 saturated carbocycles. The lowest BCUT2D eigenvalue weighted by molar-refractivity contribution is -0.143. The molecule has 0 radical (unpaired) electrons. The van der Waals surface area contributed by atoms with Crippen molar-refractivity contribution in [3.63, 3.8) is 0 Å². The Balaban J connectivity index is 1.61. The zero-order valence-corrected chi connectivity index (χ0v) is 20.5. The Morgan fingerprint density at radius 2 is 1.47 bits per heavy atom. The summed E-state index contributed by atoms with van der Waals surface area (Å²) in [5.41, 5.74) is 3.03. The SMILES string of the molecule is CC(C)(C)CCC(NC(=O)C(C)(C)NC(=O)OCC1c2ccccc2-c2ccccc21)C(=O)O. The first kappa shape index (κ1) is 25.3. The summed E-state index contributed by atoms with van der Waals surface area (Å²) in [6.07, 6.45) is 0.194. The largest absolute Gasteiger partial charge is 0.480 e. The van der Waals surface area contributed by atoms with Crippen LogP contribution >= 0.6 is 0 Å². The van der Waals surface area contributed by atoms with Crippen LogP contribution in [0, 0.1) is 5.41 Å². The van der Waals surface area contributed by atoms with Gasteiger partial charge in [0.2, 0.25) is 5.91 Å². The van der Waals surface area contributed by atoms with Crippen molar-refractivity contribution in [2.75, 3.05) is 6.61 Å². The summed E-state index contributed by atoms with van der Waals surface area (Å²) < 4.78 is 5.52. The highest BCUT2D eigenvalue weighted by atomic mass is 16.5. The molecule has 0 bridgehead atoms. The zero-order chi connectivity index (χ0) is 25.1. The summed E-state index contributed by atoms with van der Waals surface area (Å²) in [4.78, 5) is 37.0. The maximum atomic E-state index is 12.8. The van der Waals surface area contributed by atoms with E-state index in [-0.39, 0.29) is 17.9 Å². The highest BCUT2D eigenvalue weighted by molar-refractivity contribution is 5.92. The van der Waals surface area contributed by atoms with Crippen molar-refractivity contribution < 1.29 is 24.2 Å². The lowest BCUT2D eigenvalue weighted by Crippen LogP contribution is -2.58. The molecule has 3 rings (SSSR count). The molecule has 1 aliphatic carbocycles. The van der Waals surface area contributed by atoms with Crippen molar-refractivity contribution in [3.05, 3.63) is 59.7 Å². The maximum absolute atomic E-state index is 12.8. The van der Waals surface area contributed by atoms with Crippen LogP contribution in [0.1, 0.15) is 64.5 Å². The van der Waals surface area contributed by atoms with Crippen molar-refractivity contribution in [3.8, 4) is 11.1 Å². The first-order chi connectivity index (χ1) is 15.9. The van der Waals surface area contributed by atoms with Gasteiger partial charge in [0.15, 0.2) is 0 Å². The molecule has 7 nitrogen and oxygen atoms in total. The Hall–Kier alpha value is -3.35. The van der Waals surface area contributed by atoms with Crippen LogP contribution in [0.2, 0.25) is 0 Å². The fourth-order valence-corrected chi connectivity index (χ4v) is 4.12. The number of aliphatic carboxylic acids is 1. The van der Waals surface area contributed by atoms with Gasteiger partial charge in [0.25, 0.3) is 0 Å². The molecular weight excluding hydrogens is 432 g/mol. The number of nitrogens with one attached hydrogen (secondary N) is 2. The summed E-state index contributed by atoms with van der Waals surface area (Å²) >= 11 is 0. The van der Waals surface area contributed by atoms with Gasteiger partial charge in [-0.3, -0.25) is 4.79 Å². The average Bonchev–Trinajstić information content (AvgIpc) is 3.07. The van der Waals surface area contributed by atoms with E-state index in [0.717, 1.165) is 22.3 Å². The van der Waals surface area contributed by atoms with Gasteiger partial charge in [-0.2, -0.15) is 0 Å². The smallest absolute Gasteiger partial charge is 0.408 e. The van der Waals surface area contributed by atoms with Crippen LogP contribution in [0.5, 0.6) is 0 Å². The molecule has 2 amide bonds. The number of carboxylic acid groups (broad SMARTS) is 1. The molecule has 0 aliphatic heterocycles. The monoisotopic (exact) mass is 466 g/mol. The van der Waals surface area contributed by atoms with Gasteiger partial charge >= 0.3 is 12.1 Å². The second-order valence-corrected chi connectivity index (χ2v) is 10.5. The molecule has 182 valence electrons. The summed E-state index contributed by atoms with van der Waals surface area (Å²) in [5, 5.41) is 14.6. The van der Waals surface area contributed by atoms with E-state index in [1.807, 2.05) is 57.2 Å². The van der Waals surface area contributed by atoms with E-state index in [9.17, 15) is 19.5 Å². The molecule has 7 heteroatoms. The molecule has 0 spiro atoms. The van der Waals surface area contributed by atoms with Crippen LogP contribution in [-0.2, 0) is 14.3 Å². The summed E-state index contributed by atoms with van der Waals surface area (Å²) in [7, 11) is 0. The number of carboxylic acids is 1. The summed E-state index contributed by atoms with van der Waals surface area (Å²) in [5.74, 6) is -1.78. The van der Waals surface area contributed by atoms with Gasteiger partial charge in [-0.05, 0) is 54.4 Å². The minimum absolute atomic E-state index is 0.0620. The standard InChI is InChI=1S/C27H34N2O5/c1-26(2,3)15-14-22(23(30)31)28-24(32)27(4,5)29-25(33)34-16-21-19-12-8-6-10-17(19)18-11-7-9-13-20(18)21/h6-13,21-22H,14-16H2,1-5H3,(H,28,32)(H,29,33)(H,30,31). The maximum Gasteiger partial charge on any atom is 0.408 e. The average molecular weight is 467 g/mol. The third-order valence-corrected chi connectivity index (χ3v) is 6.11. The predicted octanol–water partition coefficient (Wildman–Crippen LogP) is 4.70. The summed E-state index contributed by atoms with van der Waals surface area (Å²) in [6, 6.07) is 15.0. The Morgan fingerprint density at radius 1 is 0.941 bits per heavy atom. The second kappa shape index (κ2) is 9.87. The number of hydrogen-bond acceptors (Lipinski definition) is 4. The van der Waals surface area contributed by atoms with Gasteiger partial charge in [-0.15, -0.1) is 0 Å². The van der Waals surface area contributed by atoms with Crippen molar-refractivity contribution in [1.29, 1.82) is 0 Å². The van der Waals surface area contributed by atoms with Gasteiger partial charge in [0, 0.05) is 5.92 Å². The molecule has 1 aliphatic rings. The Labute approximate surface area is 200 Å². The molecule has 2 aromatic rings. The van der Waals surface area contributed by atoms with Crippen LogP contribution in [0.4, 0.5) is 4.79 Å². The van der Waals surface area contributed by atoms with E-state index in [0.29, 0.717) is 12.8 Å². The van der Waals surface area contributed by atoms with Crippen LogP contribution < -0.4 is 10.6 Å². The van der Waals surface area contributed by atoms with Gasteiger partial charge < -0.3 is 20.5 Å². The second-order valence-electron chi connectivity index (χ2n) is 10.5. The van der Waals surface area contributed by atoms with E-state index in [1.54, 1.807) is 0 Å². The van der Waals surface area contributed by atoms with E-state index in [4.69, 9.17) is 4.74 Å². The topological polar surface area (TPSA) is 105 Å². The molecule has 1 unspecified atom stereocenters. The minimum atomic E-state index is -1.35. The molecule has 2 aromatic carbocycles. The van der Waals surface area contributed by atoms with Crippen LogP contribution in [-0.4, -0.2) is 41.3 Å². The molecule has 0 aromatic heterocycles. The third-order valence-electron chi connectivity index (χ3n) is 6.11. The zero-order valence-electron chi connectivity index (χ0n) is 20.5. The number of carbonyl (C=O) groups excluding carboxylic acids is 2. The van der Waals surface area contributed by atoms with E-state index < -0.39 is 29.6 Å². The third kappa shape index (κ3) is 5.95. The first-order valence-corrected chi connectivity index (χ1v) is 11.6. The van der Waals surface area contributed by atoms with Crippen LogP contribution in [0.25, 0.3) is 11.1 Å². The van der Waals surface area contributed by atoms with E-state index >= 15 is 0 Å². The number of ether oxygens (including phenoxy) is 1. The van der Waals surface area contributed by atoms with Crippen molar-refractivity contribution in [2.45, 2.75) is 65.0 Å². The van der Waals surface area contributed by atoms with Crippen molar-refractivity contribution in [2.24, 2.45) is 5.41 Å². The molecule has 1 atom stereocenters. The molecule has 0 heterocycles. The Bertz CT molecular complexity index is 1030. The Morgan fingerprint density at radius 3 is 1.97 bits per heavy atom. The Kier molecular flexibility index (Phi) is 7.34. The number of rotatable bonds is 8. The van der Waals surface area contributed by atoms with Gasteiger partial charge in [0.1, 0.15) is 18.2 Å². The number of amides is 2. The van der Waals surface area contributed by atoms with Gasteiger partial charge in [0.05, 0.1) is 0 Å². The number of alkyl carbamates (subject to hydrolysis) is 1. The van der Waals surface area contributed by atoms with Crippen molar-refractivity contribution in [1.82, 2.24) is 10.6 Å². The summed E-state index contributed by atoms with van der Waals surface area (Å²) in [6.45, 7) is 9.20. The van der Waals surface area contributed by atoms with E-state index in [2.05, 4.69) is 22.8 Å². The normalized spacial score (nSPS) is 14.0. The predicted molar refractivity (Wildman–Crippen MR) is 131 cm³/mol. The lowest BCUT2D eigenvalue weighted by atomic mass is 9.88. The number of benzene rings is 2. The number of carbonyl (C=O) groups is 3. The van der Waals surface area contributed by atoms with Gasteiger partial charge in [-0.1, -0.05) is 69.3 Å². The molecule has 34 heavy (non-hydrogen) atoms. The minimum Gasteiger partial charge on any atom is -0.480 e. The molecule has 0 saturated heterocycles. The number of fused-ring (bicyclic) bond motifs is 3. The van der Waals surface area contributed by atoms with E-state index in [1.165, 1.54) is 13.8 Å². The number of hydrogen-bond donors (Lipinski definition) is 3. The quantitative estimate of drug-likeness (QED) is 0.523. The molecule has 0 fully saturated rings. The first-order valence-electron chi connectivity index (χ1n) is 11.6. The highest BCUT2D eigenvalue weighted by Crippen LogP contribution is 2.44. The molecular formula is C27H34N2O5.